The van der Waals surface area contributed by atoms with Gasteiger partial charge in [0.1, 0.15) is 11.9 Å². The number of nitrogens with zero attached hydrogens (tertiary/aromatic N) is 4. The van der Waals surface area contributed by atoms with Gasteiger partial charge in [0.2, 0.25) is 0 Å². The molecule has 0 amide bonds. The number of ether oxygens (including phenoxy) is 1. The van der Waals surface area contributed by atoms with Crippen LogP contribution >= 0.6 is 0 Å². The third kappa shape index (κ3) is 4.10. The molecule has 3 aromatic rings. The van der Waals surface area contributed by atoms with Crippen LogP contribution in [0.15, 0.2) is 42.5 Å². The van der Waals surface area contributed by atoms with Crippen molar-refractivity contribution in [1.82, 2.24) is 19.9 Å². The molecule has 0 spiro atoms. The molecule has 7 heteroatoms. The fourth-order valence-electron chi connectivity index (χ4n) is 3.84. The molecule has 2 aromatic carbocycles. The summed E-state index contributed by atoms with van der Waals surface area (Å²) in [6.45, 7) is 5.49. The minimum Gasteiger partial charge on any atom is -0.488 e. The SMILES string of the molecule is CCCCN1CCC(Oc2cccc3c2nnn3-c2ccccc2C(=O)O)CC1. The Bertz CT molecular complexity index is 993. The second-order valence-corrected chi connectivity index (χ2v) is 7.46. The van der Waals surface area contributed by atoms with Crippen molar-refractivity contribution >= 4 is 17.0 Å². The van der Waals surface area contributed by atoms with Crippen LogP contribution in [0.1, 0.15) is 43.0 Å². The number of aromatic carboxylic acids is 1. The molecule has 0 unspecified atom stereocenters. The number of para-hydroxylation sites is 1. The Kier molecular flexibility index (Phi) is 5.76. The van der Waals surface area contributed by atoms with Crippen molar-refractivity contribution < 1.29 is 14.6 Å². The van der Waals surface area contributed by atoms with E-state index in [1.807, 2.05) is 18.2 Å². The van der Waals surface area contributed by atoms with Gasteiger partial charge >= 0.3 is 5.97 Å². The zero-order valence-corrected chi connectivity index (χ0v) is 16.6. The lowest BCUT2D eigenvalue weighted by molar-refractivity contribution is 0.0696. The van der Waals surface area contributed by atoms with Crippen molar-refractivity contribution in [3.05, 3.63) is 48.0 Å². The molecule has 4 rings (SSSR count). The van der Waals surface area contributed by atoms with Gasteiger partial charge in [-0.1, -0.05) is 36.8 Å². The summed E-state index contributed by atoms with van der Waals surface area (Å²) in [4.78, 5) is 14.1. The van der Waals surface area contributed by atoms with E-state index in [1.54, 1.807) is 28.9 Å². The molecule has 1 N–H and O–H groups in total. The van der Waals surface area contributed by atoms with E-state index in [0.29, 0.717) is 17.0 Å². The molecular formula is C22H26N4O3. The minimum absolute atomic E-state index is 0.162. The van der Waals surface area contributed by atoms with Crippen molar-refractivity contribution in [3.8, 4) is 11.4 Å². The van der Waals surface area contributed by atoms with E-state index >= 15 is 0 Å². The quantitative estimate of drug-likeness (QED) is 0.657. The second-order valence-electron chi connectivity index (χ2n) is 7.46. The number of fused-ring (bicyclic) bond motifs is 1. The molecule has 0 radical (unpaired) electrons. The molecular weight excluding hydrogens is 368 g/mol. The van der Waals surface area contributed by atoms with Gasteiger partial charge in [0.05, 0.1) is 16.8 Å². The Hall–Kier alpha value is -2.93. The summed E-state index contributed by atoms with van der Waals surface area (Å²) in [5.41, 5.74) is 2.06. The first-order valence-electron chi connectivity index (χ1n) is 10.2. The molecule has 1 aliphatic heterocycles. The number of hydrogen-bond acceptors (Lipinski definition) is 5. The highest BCUT2D eigenvalue weighted by Crippen LogP contribution is 2.28. The molecule has 1 saturated heterocycles. The summed E-state index contributed by atoms with van der Waals surface area (Å²) in [5.74, 6) is -0.292. The maximum absolute atomic E-state index is 11.6. The highest BCUT2D eigenvalue weighted by atomic mass is 16.5. The van der Waals surface area contributed by atoms with Crippen LogP contribution in [0.4, 0.5) is 0 Å². The van der Waals surface area contributed by atoms with Gasteiger partial charge < -0.3 is 14.7 Å². The second kappa shape index (κ2) is 8.61. The molecule has 0 aliphatic carbocycles. The lowest BCUT2D eigenvalue weighted by atomic mass is 10.1. The van der Waals surface area contributed by atoms with Gasteiger partial charge in [-0.2, -0.15) is 0 Å². The number of rotatable bonds is 7. The first kappa shape index (κ1) is 19.4. The third-order valence-electron chi connectivity index (χ3n) is 5.46. The molecule has 1 fully saturated rings. The highest BCUT2D eigenvalue weighted by Gasteiger charge is 2.22. The molecule has 2 heterocycles. The first-order valence-corrected chi connectivity index (χ1v) is 10.2. The van der Waals surface area contributed by atoms with Crippen LogP contribution < -0.4 is 4.74 Å². The summed E-state index contributed by atoms with van der Waals surface area (Å²) < 4.78 is 7.86. The van der Waals surface area contributed by atoms with Crippen molar-refractivity contribution in [2.24, 2.45) is 0 Å². The lowest BCUT2D eigenvalue weighted by Gasteiger charge is -2.32. The summed E-state index contributed by atoms with van der Waals surface area (Å²) >= 11 is 0. The third-order valence-corrected chi connectivity index (χ3v) is 5.46. The lowest BCUT2D eigenvalue weighted by Crippen LogP contribution is -2.38. The van der Waals surface area contributed by atoms with Crippen LogP contribution in [0.3, 0.4) is 0 Å². The zero-order valence-electron chi connectivity index (χ0n) is 16.6. The van der Waals surface area contributed by atoms with Crippen molar-refractivity contribution in [1.29, 1.82) is 0 Å². The molecule has 0 saturated carbocycles. The molecule has 1 aliphatic rings. The average molecular weight is 394 g/mol. The molecule has 0 bridgehead atoms. The van der Waals surface area contributed by atoms with Gasteiger partial charge in [0.15, 0.2) is 5.52 Å². The van der Waals surface area contributed by atoms with E-state index < -0.39 is 5.97 Å². The molecule has 152 valence electrons. The number of carboxylic acids is 1. The van der Waals surface area contributed by atoms with E-state index in [0.717, 1.165) is 38.0 Å². The van der Waals surface area contributed by atoms with Gasteiger partial charge in [-0.15, -0.1) is 5.10 Å². The van der Waals surface area contributed by atoms with Gasteiger partial charge in [-0.25, -0.2) is 9.48 Å². The van der Waals surface area contributed by atoms with E-state index in [-0.39, 0.29) is 11.7 Å². The normalized spacial score (nSPS) is 15.6. The smallest absolute Gasteiger partial charge is 0.337 e. The van der Waals surface area contributed by atoms with Crippen molar-refractivity contribution in [2.45, 2.75) is 38.7 Å². The number of aromatic nitrogens is 3. The summed E-state index contributed by atoms with van der Waals surface area (Å²) in [6.07, 6.45) is 4.62. The van der Waals surface area contributed by atoms with Gasteiger partial charge in [-0.3, -0.25) is 0 Å². The predicted octanol–water partition coefficient (Wildman–Crippen LogP) is 3.76. The van der Waals surface area contributed by atoms with E-state index in [2.05, 4.69) is 22.1 Å². The monoisotopic (exact) mass is 394 g/mol. The highest BCUT2D eigenvalue weighted by molar-refractivity contribution is 5.93. The number of carboxylic acid groups (broad SMARTS) is 1. The van der Waals surface area contributed by atoms with Crippen LogP contribution in [0, 0.1) is 0 Å². The number of carbonyl (C=O) groups is 1. The van der Waals surface area contributed by atoms with Crippen LogP contribution in [0.2, 0.25) is 0 Å². The number of piperidine rings is 1. The maximum atomic E-state index is 11.6. The maximum Gasteiger partial charge on any atom is 0.337 e. The molecule has 29 heavy (non-hydrogen) atoms. The Balaban J connectivity index is 1.56. The number of unbranched alkanes of at least 4 members (excludes halogenated alkanes) is 1. The van der Waals surface area contributed by atoms with E-state index in [1.165, 1.54) is 12.8 Å². The molecule has 0 atom stereocenters. The van der Waals surface area contributed by atoms with Crippen LogP contribution in [-0.4, -0.2) is 56.7 Å². The van der Waals surface area contributed by atoms with Crippen LogP contribution in [0.5, 0.6) is 5.75 Å². The van der Waals surface area contributed by atoms with E-state index in [9.17, 15) is 9.90 Å². The largest absolute Gasteiger partial charge is 0.488 e. The predicted molar refractivity (Wildman–Crippen MR) is 111 cm³/mol. The Morgan fingerprint density at radius 1 is 1.17 bits per heavy atom. The van der Waals surface area contributed by atoms with Gasteiger partial charge in [0, 0.05) is 13.1 Å². The first-order chi connectivity index (χ1) is 14.2. The minimum atomic E-state index is -0.994. The Labute approximate surface area is 169 Å². The molecule has 1 aromatic heterocycles. The summed E-state index contributed by atoms with van der Waals surface area (Å²) in [7, 11) is 0. The van der Waals surface area contributed by atoms with Crippen LogP contribution in [0.25, 0.3) is 16.7 Å². The summed E-state index contributed by atoms with van der Waals surface area (Å²) in [5, 5.41) is 18.0. The van der Waals surface area contributed by atoms with Gasteiger partial charge in [0.25, 0.3) is 0 Å². The Morgan fingerprint density at radius 3 is 2.72 bits per heavy atom. The van der Waals surface area contributed by atoms with Crippen molar-refractivity contribution in [3.63, 3.8) is 0 Å². The zero-order chi connectivity index (χ0) is 20.2. The summed E-state index contributed by atoms with van der Waals surface area (Å²) in [6, 6.07) is 12.5. The number of benzene rings is 2. The van der Waals surface area contributed by atoms with Crippen LogP contribution in [-0.2, 0) is 0 Å². The number of likely N-dealkylation sites (tertiary alicyclic amines) is 1. The van der Waals surface area contributed by atoms with Gasteiger partial charge in [-0.05, 0) is 50.1 Å². The average Bonchev–Trinajstić information content (AvgIpc) is 3.18. The topological polar surface area (TPSA) is 80.5 Å². The van der Waals surface area contributed by atoms with Crippen molar-refractivity contribution in [2.75, 3.05) is 19.6 Å². The molecule has 7 nitrogen and oxygen atoms in total. The Morgan fingerprint density at radius 2 is 1.97 bits per heavy atom. The standard InChI is InChI=1S/C22H26N4O3/c1-2-3-13-25-14-11-16(12-15-25)29-20-10-6-9-19-21(20)23-24-26(19)18-8-5-4-7-17(18)22(27)28/h4-10,16H,2-3,11-15H2,1H3,(H,27,28). The fourth-order valence-corrected chi connectivity index (χ4v) is 3.84. The number of hydrogen-bond donors (Lipinski definition) is 1. The fraction of sp³-hybridized carbons (Fsp3) is 0.409. The van der Waals surface area contributed by atoms with E-state index in [4.69, 9.17) is 4.74 Å².